The molecule has 9 aromatic carbocycles. The van der Waals surface area contributed by atoms with Crippen LogP contribution in [-0.2, 0) is 0 Å². The Morgan fingerprint density at radius 3 is 1.83 bits per heavy atom. The highest BCUT2D eigenvalue weighted by atomic mass is 32.1. The third kappa shape index (κ3) is 5.33. The molecule has 0 unspecified atom stereocenters. The summed E-state index contributed by atoms with van der Waals surface area (Å²) in [5.74, 6) is 0. The Kier molecular flexibility index (Phi) is 8.31. The summed E-state index contributed by atoms with van der Waals surface area (Å²) in [5.41, 5.74) is 23.4. The smallest absolute Gasteiger partial charge is 0.141 e. The zero-order chi connectivity index (χ0) is 44.0. The maximum Gasteiger partial charge on any atom is 0.141 e. The molecule has 0 aliphatic carbocycles. The minimum atomic E-state index is 0.892. The fourth-order valence-corrected chi connectivity index (χ4v) is 12.6. The van der Waals surface area contributed by atoms with Gasteiger partial charge in [-0.25, -0.2) is 0 Å². The molecule has 0 saturated carbocycles. The van der Waals surface area contributed by atoms with E-state index in [0.29, 0.717) is 0 Å². The van der Waals surface area contributed by atoms with Crippen molar-refractivity contribution >= 4 is 190 Å². The SMILES string of the molecule is Bc1c(B)c(B)c2c(c1B)c1c(B)c(-c3ccc4c(c3)c3c(-c5ccccc5)cccc3n4-c3ccc4c(c3)oc3ccccc34)c(B)c(B)c1n2-c1ccc2c(c1)sc1ccccc12. The van der Waals surface area contributed by atoms with E-state index in [1.807, 2.05) is 17.4 Å². The van der Waals surface area contributed by atoms with Crippen LogP contribution in [0, 0.1) is 0 Å². The van der Waals surface area contributed by atoms with Crippen molar-refractivity contribution < 1.29 is 4.42 Å². The summed E-state index contributed by atoms with van der Waals surface area (Å²) in [6.45, 7) is 0. The van der Waals surface area contributed by atoms with E-state index in [1.165, 1.54) is 130 Å². The fourth-order valence-electron chi connectivity index (χ4n) is 11.5. The quantitative estimate of drug-likeness (QED) is 0.250. The second-order valence-electron chi connectivity index (χ2n) is 18.2. The molecule has 3 nitrogen and oxygen atoms in total. The van der Waals surface area contributed by atoms with E-state index in [0.717, 1.165) is 27.6 Å². The van der Waals surface area contributed by atoms with Crippen LogP contribution in [0.1, 0.15) is 0 Å². The highest BCUT2D eigenvalue weighted by molar-refractivity contribution is 7.25. The van der Waals surface area contributed by atoms with Crippen LogP contribution in [0.4, 0.5) is 0 Å². The lowest BCUT2D eigenvalue weighted by atomic mass is 9.64. The zero-order valence-electron chi connectivity index (χ0n) is 37.6. The normalized spacial score (nSPS) is 12.1. The molecule has 0 aliphatic rings. The number of hydrogen-bond acceptors (Lipinski definition) is 2. The van der Waals surface area contributed by atoms with Gasteiger partial charge in [-0.2, -0.15) is 0 Å². The molecule has 0 aliphatic heterocycles. The second kappa shape index (κ2) is 14.0. The summed E-state index contributed by atoms with van der Waals surface area (Å²) in [7, 11) is 16.3. The van der Waals surface area contributed by atoms with Gasteiger partial charge in [0, 0.05) is 75.6 Å². The number of nitrogens with zero attached hydrogens (tertiary/aromatic N) is 2. The van der Waals surface area contributed by atoms with Gasteiger partial charge in [-0.1, -0.05) is 124 Å². The van der Waals surface area contributed by atoms with E-state index >= 15 is 0 Å². The van der Waals surface area contributed by atoms with Crippen LogP contribution < -0.4 is 38.2 Å². The molecule has 13 rings (SSSR count). The van der Waals surface area contributed by atoms with Crippen molar-refractivity contribution in [3.63, 3.8) is 0 Å². The molecular weight excluding hydrogens is 800 g/mol. The number of aromatic nitrogens is 2. The molecule has 65 heavy (non-hydrogen) atoms. The number of benzene rings is 9. The Hall–Kier alpha value is -6.95. The van der Waals surface area contributed by atoms with Gasteiger partial charge in [-0.05, 0) is 82.2 Å². The molecule has 0 radical (unpaired) electrons. The lowest BCUT2D eigenvalue weighted by Gasteiger charge is -2.19. The van der Waals surface area contributed by atoms with Crippen molar-refractivity contribution in [2.75, 3.05) is 0 Å². The molecule has 4 aromatic heterocycles. The topological polar surface area (TPSA) is 23.0 Å². The first-order valence-corrected chi connectivity index (χ1v) is 23.5. The summed E-state index contributed by atoms with van der Waals surface area (Å²) < 4.78 is 14.1. The lowest BCUT2D eigenvalue weighted by Crippen LogP contribution is -2.48. The average molecular weight is 840 g/mol. The molecule has 0 bridgehead atoms. The number of furan rings is 1. The van der Waals surface area contributed by atoms with Gasteiger partial charge in [0.05, 0.1) is 11.0 Å². The van der Waals surface area contributed by atoms with E-state index in [4.69, 9.17) is 4.42 Å². The molecule has 0 N–H and O–H groups in total. The Morgan fingerprint density at radius 2 is 1.02 bits per heavy atom. The van der Waals surface area contributed by atoms with Gasteiger partial charge in [0.1, 0.15) is 66.1 Å². The summed E-state index contributed by atoms with van der Waals surface area (Å²) in [6, 6.07) is 55.7. The summed E-state index contributed by atoms with van der Waals surface area (Å²) in [4.78, 5) is 0. The Bertz CT molecular complexity index is 4220. The highest BCUT2D eigenvalue weighted by Crippen LogP contribution is 2.42. The van der Waals surface area contributed by atoms with Gasteiger partial charge in [-0.15, -0.1) is 16.8 Å². The van der Waals surface area contributed by atoms with Crippen LogP contribution in [0.15, 0.2) is 156 Å². The van der Waals surface area contributed by atoms with E-state index in [1.54, 1.807) is 0 Å². The number of rotatable bonds is 4. The van der Waals surface area contributed by atoms with E-state index in [2.05, 4.69) is 210 Å². The predicted octanol–water partition coefficient (Wildman–Crippen LogP) is 3.29. The van der Waals surface area contributed by atoms with Crippen molar-refractivity contribution in [2.45, 2.75) is 0 Å². The average Bonchev–Trinajstić information content (AvgIpc) is 4.09. The Balaban J connectivity index is 1.10. The minimum Gasteiger partial charge on any atom is -0.456 e. The third-order valence-electron chi connectivity index (χ3n) is 15.0. The highest BCUT2D eigenvalue weighted by Gasteiger charge is 2.26. The summed E-state index contributed by atoms with van der Waals surface area (Å²) in [5, 5.41) is 10.1. The molecule has 11 heteroatoms. The zero-order valence-corrected chi connectivity index (χ0v) is 38.5. The van der Waals surface area contributed by atoms with Crippen molar-refractivity contribution in [3.05, 3.63) is 152 Å². The number of hydrogen-bond donors (Lipinski definition) is 0. The maximum absolute atomic E-state index is 6.46. The van der Waals surface area contributed by atoms with Gasteiger partial charge in [0.25, 0.3) is 0 Å². The molecule has 0 spiro atoms. The standard InChI is InChI=1S/C54H39B7N2OS/c55-46-42(47(56)51(60)53-44(46)45-48(57)49(58)50(59)52(61)54(45)63(53)29-19-21-34-33-12-5-7-16-40(33)65-41(34)25-29)27-17-22-36-35(23-27)43-30(26-9-2-1-3-10-26)13-8-14-37(43)62(36)28-18-20-32-31-11-4-6-15-38(31)64-39(32)24-28/h1-25H,55-61H2. The van der Waals surface area contributed by atoms with Gasteiger partial charge in [-0.3, -0.25) is 0 Å². The number of fused-ring (bicyclic) bond motifs is 12. The Labute approximate surface area is 386 Å². The second-order valence-corrected chi connectivity index (χ2v) is 19.3. The van der Waals surface area contributed by atoms with E-state index < -0.39 is 0 Å². The van der Waals surface area contributed by atoms with Crippen LogP contribution >= 0.6 is 11.3 Å². The molecule has 0 saturated heterocycles. The molecule has 13 aromatic rings. The monoisotopic (exact) mass is 840 g/mol. The molecular formula is C54H39B7N2OS. The third-order valence-corrected chi connectivity index (χ3v) is 16.2. The predicted molar refractivity (Wildman–Crippen MR) is 303 cm³/mol. The van der Waals surface area contributed by atoms with Crippen LogP contribution in [0.25, 0.3) is 119 Å². The van der Waals surface area contributed by atoms with Crippen LogP contribution in [0.5, 0.6) is 0 Å². The first-order valence-electron chi connectivity index (χ1n) is 22.7. The maximum atomic E-state index is 6.46. The van der Waals surface area contributed by atoms with E-state index in [9.17, 15) is 0 Å². The fraction of sp³-hybridized carbons (Fsp3) is 0. The first kappa shape index (κ1) is 38.5. The van der Waals surface area contributed by atoms with Gasteiger partial charge >= 0.3 is 0 Å². The largest absolute Gasteiger partial charge is 0.456 e. The molecule has 4 heterocycles. The molecule has 0 amide bonds. The van der Waals surface area contributed by atoms with Crippen LogP contribution in [0.3, 0.4) is 0 Å². The lowest BCUT2D eigenvalue weighted by molar-refractivity contribution is 0.668. The van der Waals surface area contributed by atoms with Crippen molar-refractivity contribution in [1.82, 2.24) is 9.13 Å². The summed E-state index contributed by atoms with van der Waals surface area (Å²) >= 11 is 1.89. The van der Waals surface area contributed by atoms with Crippen molar-refractivity contribution in [3.8, 4) is 33.6 Å². The molecule has 0 fully saturated rings. The van der Waals surface area contributed by atoms with Crippen molar-refractivity contribution in [2.24, 2.45) is 0 Å². The van der Waals surface area contributed by atoms with Gasteiger partial charge < -0.3 is 13.6 Å². The molecule has 0 atom stereocenters. The van der Waals surface area contributed by atoms with Crippen LogP contribution in [-0.4, -0.2) is 64.1 Å². The minimum absolute atomic E-state index is 0.892. The summed E-state index contributed by atoms with van der Waals surface area (Å²) in [6.07, 6.45) is 0. The number of thiophene rings is 1. The molecule has 298 valence electrons. The van der Waals surface area contributed by atoms with Gasteiger partial charge in [0.15, 0.2) is 0 Å². The van der Waals surface area contributed by atoms with Crippen LogP contribution in [0.2, 0.25) is 0 Å². The van der Waals surface area contributed by atoms with Gasteiger partial charge in [0.2, 0.25) is 0 Å². The van der Waals surface area contributed by atoms with E-state index in [-0.39, 0.29) is 0 Å². The first-order chi connectivity index (χ1) is 31.7. The van der Waals surface area contributed by atoms with Crippen molar-refractivity contribution in [1.29, 1.82) is 0 Å². The number of para-hydroxylation sites is 1. The Morgan fingerprint density at radius 1 is 0.369 bits per heavy atom.